The van der Waals surface area contributed by atoms with Crippen molar-refractivity contribution in [3.8, 4) is 0 Å². The molecule has 0 unspecified atom stereocenters. The van der Waals surface area contributed by atoms with E-state index in [1.165, 1.54) is 0 Å². The van der Waals surface area contributed by atoms with Crippen molar-refractivity contribution in [2.45, 2.75) is 39.5 Å². The molecule has 2 fully saturated rings. The summed E-state index contributed by atoms with van der Waals surface area (Å²) in [6.07, 6.45) is 4.02. The molecular formula is C20H29N3O2. The fourth-order valence-electron chi connectivity index (χ4n) is 3.98. The molecule has 0 saturated carbocycles. The summed E-state index contributed by atoms with van der Waals surface area (Å²) >= 11 is 0. The summed E-state index contributed by atoms with van der Waals surface area (Å²) in [7, 11) is 0. The van der Waals surface area contributed by atoms with E-state index in [2.05, 4.69) is 16.3 Å². The first-order valence-electron chi connectivity index (χ1n) is 9.40. The topological polar surface area (TPSA) is 52.7 Å². The smallest absolute Gasteiger partial charge is 0.238 e. The molecule has 25 heavy (non-hydrogen) atoms. The van der Waals surface area contributed by atoms with Crippen LogP contribution in [-0.2, 0) is 9.59 Å². The molecule has 2 aliphatic rings. The summed E-state index contributed by atoms with van der Waals surface area (Å²) in [5.41, 5.74) is 3.16. The van der Waals surface area contributed by atoms with E-state index in [0.29, 0.717) is 12.5 Å². The van der Waals surface area contributed by atoms with E-state index >= 15 is 0 Å². The van der Waals surface area contributed by atoms with Gasteiger partial charge in [-0.3, -0.25) is 14.5 Å². The molecule has 1 aromatic rings. The molecule has 1 N–H and O–H groups in total. The third-order valence-electron chi connectivity index (χ3n) is 5.23. The molecule has 0 radical (unpaired) electrons. The number of rotatable bonds is 4. The Morgan fingerprint density at radius 1 is 1.00 bits per heavy atom. The Morgan fingerprint density at radius 2 is 1.60 bits per heavy atom. The zero-order valence-electron chi connectivity index (χ0n) is 15.4. The highest BCUT2D eigenvalue weighted by atomic mass is 16.2. The van der Waals surface area contributed by atoms with Gasteiger partial charge in [0.1, 0.15) is 0 Å². The number of carbonyl (C=O) groups is 2. The molecule has 3 rings (SSSR count). The van der Waals surface area contributed by atoms with Crippen LogP contribution in [0.3, 0.4) is 0 Å². The first-order chi connectivity index (χ1) is 12.0. The minimum atomic E-state index is 0.0225. The van der Waals surface area contributed by atoms with Gasteiger partial charge in [0.25, 0.3) is 0 Å². The second kappa shape index (κ2) is 8.00. The highest BCUT2D eigenvalue weighted by molar-refractivity contribution is 5.92. The number of nitrogens with zero attached hydrogens (tertiary/aromatic N) is 2. The van der Waals surface area contributed by atoms with Gasteiger partial charge in [0.2, 0.25) is 11.8 Å². The number of anilines is 1. The molecule has 2 aliphatic heterocycles. The van der Waals surface area contributed by atoms with Crippen molar-refractivity contribution >= 4 is 17.5 Å². The number of hydrogen-bond donors (Lipinski definition) is 1. The highest BCUT2D eigenvalue weighted by Gasteiger charge is 2.30. The van der Waals surface area contributed by atoms with Crippen molar-refractivity contribution in [3.63, 3.8) is 0 Å². The van der Waals surface area contributed by atoms with Crippen molar-refractivity contribution in [2.24, 2.45) is 5.92 Å². The first-order valence-corrected chi connectivity index (χ1v) is 9.40. The van der Waals surface area contributed by atoms with Crippen molar-refractivity contribution in [2.75, 3.05) is 38.0 Å². The maximum Gasteiger partial charge on any atom is 0.238 e. The Kier molecular flexibility index (Phi) is 5.74. The molecular weight excluding hydrogens is 314 g/mol. The zero-order valence-corrected chi connectivity index (χ0v) is 15.4. The van der Waals surface area contributed by atoms with Crippen LogP contribution in [0.1, 0.15) is 36.8 Å². The number of amides is 2. The Bertz CT molecular complexity index is 610. The van der Waals surface area contributed by atoms with E-state index in [9.17, 15) is 9.59 Å². The minimum Gasteiger partial charge on any atom is -0.342 e. The number of carbonyl (C=O) groups excluding carboxylic acids is 2. The predicted octanol–water partition coefficient (Wildman–Crippen LogP) is 2.58. The van der Waals surface area contributed by atoms with E-state index in [4.69, 9.17) is 0 Å². The van der Waals surface area contributed by atoms with Gasteiger partial charge in [-0.1, -0.05) is 6.07 Å². The Hall–Kier alpha value is -1.88. The van der Waals surface area contributed by atoms with E-state index in [-0.39, 0.29) is 11.8 Å². The van der Waals surface area contributed by atoms with Gasteiger partial charge in [0.05, 0.1) is 6.54 Å². The lowest BCUT2D eigenvalue weighted by Gasteiger charge is -2.32. The van der Waals surface area contributed by atoms with Crippen LogP contribution in [0.2, 0.25) is 0 Å². The molecule has 2 amide bonds. The Balaban J connectivity index is 1.45. The van der Waals surface area contributed by atoms with Crippen LogP contribution < -0.4 is 5.32 Å². The van der Waals surface area contributed by atoms with Crippen LogP contribution in [0.15, 0.2) is 18.2 Å². The number of likely N-dealkylation sites (tertiary alicyclic amines) is 2. The van der Waals surface area contributed by atoms with Crippen LogP contribution in [0.25, 0.3) is 0 Å². The summed E-state index contributed by atoms with van der Waals surface area (Å²) in [5, 5.41) is 2.99. The van der Waals surface area contributed by atoms with E-state index in [1.54, 1.807) is 0 Å². The third kappa shape index (κ3) is 4.82. The molecule has 5 nitrogen and oxygen atoms in total. The van der Waals surface area contributed by atoms with Gasteiger partial charge in [0, 0.05) is 24.7 Å². The molecule has 0 spiro atoms. The first kappa shape index (κ1) is 17.9. The van der Waals surface area contributed by atoms with Crippen LogP contribution in [0, 0.1) is 19.8 Å². The van der Waals surface area contributed by atoms with Crippen LogP contribution in [0.5, 0.6) is 0 Å². The number of hydrogen-bond acceptors (Lipinski definition) is 3. The number of nitrogens with one attached hydrogen (secondary N) is 1. The van der Waals surface area contributed by atoms with Gasteiger partial charge >= 0.3 is 0 Å². The zero-order chi connectivity index (χ0) is 17.8. The maximum absolute atomic E-state index is 12.5. The predicted molar refractivity (Wildman–Crippen MR) is 99.5 cm³/mol. The fraction of sp³-hybridized carbons (Fsp3) is 0.600. The van der Waals surface area contributed by atoms with Gasteiger partial charge in [-0.05, 0) is 75.9 Å². The quantitative estimate of drug-likeness (QED) is 0.914. The molecule has 2 saturated heterocycles. The van der Waals surface area contributed by atoms with Gasteiger partial charge in [-0.15, -0.1) is 0 Å². The van der Waals surface area contributed by atoms with Crippen molar-refractivity contribution in [1.82, 2.24) is 9.80 Å². The molecule has 1 aromatic carbocycles. The molecule has 0 aliphatic carbocycles. The molecule has 0 atom stereocenters. The average Bonchev–Trinajstić information content (AvgIpc) is 3.08. The summed E-state index contributed by atoms with van der Waals surface area (Å²) in [6, 6.07) is 6.08. The van der Waals surface area contributed by atoms with E-state index in [0.717, 1.165) is 68.7 Å². The van der Waals surface area contributed by atoms with Crippen molar-refractivity contribution in [3.05, 3.63) is 29.3 Å². The second-order valence-electron chi connectivity index (χ2n) is 7.51. The normalized spacial score (nSPS) is 19.2. The van der Waals surface area contributed by atoms with Gasteiger partial charge < -0.3 is 10.2 Å². The fourth-order valence-corrected chi connectivity index (χ4v) is 3.98. The molecule has 5 heteroatoms. The molecule has 0 bridgehead atoms. The SMILES string of the molecule is Cc1cc(C)cc(NC(=O)CN2CCC(C(=O)N3CCCC3)CC2)c1. The number of piperidine rings is 1. The third-order valence-corrected chi connectivity index (χ3v) is 5.23. The van der Waals surface area contributed by atoms with Crippen molar-refractivity contribution in [1.29, 1.82) is 0 Å². The van der Waals surface area contributed by atoms with Crippen LogP contribution in [0.4, 0.5) is 5.69 Å². The molecule has 136 valence electrons. The van der Waals surface area contributed by atoms with E-state index < -0.39 is 0 Å². The minimum absolute atomic E-state index is 0.0225. The maximum atomic E-state index is 12.5. The lowest BCUT2D eigenvalue weighted by molar-refractivity contribution is -0.136. The average molecular weight is 343 g/mol. The van der Waals surface area contributed by atoms with Gasteiger partial charge in [-0.25, -0.2) is 0 Å². The molecule has 2 heterocycles. The number of benzene rings is 1. The standard InChI is InChI=1S/C20H29N3O2/c1-15-11-16(2)13-18(12-15)21-19(24)14-22-9-5-17(6-10-22)20(25)23-7-3-4-8-23/h11-13,17H,3-10,14H2,1-2H3,(H,21,24). The lowest BCUT2D eigenvalue weighted by atomic mass is 9.95. The lowest BCUT2D eigenvalue weighted by Crippen LogP contribution is -2.43. The summed E-state index contributed by atoms with van der Waals surface area (Å²) in [4.78, 5) is 28.9. The monoisotopic (exact) mass is 343 g/mol. The Morgan fingerprint density at radius 3 is 2.20 bits per heavy atom. The summed E-state index contributed by atoms with van der Waals surface area (Å²) in [5.74, 6) is 0.503. The largest absolute Gasteiger partial charge is 0.342 e. The van der Waals surface area contributed by atoms with Gasteiger partial charge in [-0.2, -0.15) is 0 Å². The van der Waals surface area contributed by atoms with E-state index in [1.807, 2.05) is 30.9 Å². The van der Waals surface area contributed by atoms with Crippen LogP contribution >= 0.6 is 0 Å². The van der Waals surface area contributed by atoms with Crippen LogP contribution in [-0.4, -0.2) is 54.3 Å². The van der Waals surface area contributed by atoms with Gasteiger partial charge in [0.15, 0.2) is 0 Å². The number of aryl methyl sites for hydroxylation is 2. The second-order valence-corrected chi connectivity index (χ2v) is 7.51. The molecule has 0 aromatic heterocycles. The summed E-state index contributed by atoms with van der Waals surface area (Å²) < 4.78 is 0. The highest BCUT2D eigenvalue weighted by Crippen LogP contribution is 2.22. The Labute approximate surface area is 150 Å². The van der Waals surface area contributed by atoms with Crippen molar-refractivity contribution < 1.29 is 9.59 Å². The summed E-state index contributed by atoms with van der Waals surface area (Å²) in [6.45, 7) is 7.97.